The van der Waals surface area contributed by atoms with E-state index >= 15 is 0 Å². The molecule has 1 aliphatic heterocycles. The highest BCUT2D eigenvalue weighted by molar-refractivity contribution is 5.96. The average molecular weight is 327 g/mol. The van der Waals surface area contributed by atoms with Gasteiger partial charge in [0.25, 0.3) is 0 Å². The van der Waals surface area contributed by atoms with E-state index in [2.05, 4.69) is 10.4 Å². The van der Waals surface area contributed by atoms with Crippen LogP contribution < -0.4 is 11.1 Å². The first-order valence-electron chi connectivity index (χ1n) is 7.96. The summed E-state index contributed by atoms with van der Waals surface area (Å²) in [6, 6.07) is 8.71. The monoisotopic (exact) mass is 327 g/mol. The van der Waals surface area contributed by atoms with E-state index in [0.29, 0.717) is 18.8 Å². The summed E-state index contributed by atoms with van der Waals surface area (Å²) in [7, 11) is 0. The molecule has 24 heavy (non-hydrogen) atoms. The van der Waals surface area contributed by atoms with E-state index in [1.165, 1.54) is 10.5 Å². The van der Waals surface area contributed by atoms with Gasteiger partial charge in [-0.3, -0.25) is 4.79 Å². The third-order valence-corrected chi connectivity index (χ3v) is 4.26. The molecule has 0 radical (unpaired) electrons. The molecule has 1 aromatic heterocycles. The van der Waals surface area contributed by atoms with E-state index in [-0.39, 0.29) is 5.91 Å². The van der Waals surface area contributed by atoms with Gasteiger partial charge in [0.2, 0.25) is 5.91 Å². The zero-order valence-electron chi connectivity index (χ0n) is 13.8. The van der Waals surface area contributed by atoms with Crippen molar-refractivity contribution in [2.24, 2.45) is 5.73 Å². The van der Waals surface area contributed by atoms with Crippen LogP contribution in [0.3, 0.4) is 0 Å². The number of nitrogens with two attached hydrogens (primary N) is 1. The summed E-state index contributed by atoms with van der Waals surface area (Å²) in [5.74, 6) is 0.217. The van der Waals surface area contributed by atoms with Crippen LogP contribution >= 0.6 is 0 Å². The molecule has 3 N–H and O–H groups in total. The quantitative estimate of drug-likeness (QED) is 0.902. The van der Waals surface area contributed by atoms with Crippen LogP contribution in [0.5, 0.6) is 0 Å². The van der Waals surface area contributed by atoms with Crippen molar-refractivity contribution < 1.29 is 9.59 Å². The Morgan fingerprint density at radius 3 is 2.62 bits per heavy atom. The van der Waals surface area contributed by atoms with Gasteiger partial charge in [0, 0.05) is 18.3 Å². The normalized spacial score (nSPS) is 17.1. The number of hydrogen-bond donors (Lipinski definition) is 2. The summed E-state index contributed by atoms with van der Waals surface area (Å²) in [5.41, 5.74) is 8.33. The number of nitrogens with one attached hydrogen (secondary N) is 1. The fourth-order valence-electron chi connectivity index (χ4n) is 3.00. The van der Waals surface area contributed by atoms with Crippen molar-refractivity contribution >= 4 is 17.8 Å². The molecule has 0 aliphatic carbocycles. The molecule has 7 nitrogen and oxygen atoms in total. The Bertz CT molecular complexity index is 766. The lowest BCUT2D eigenvalue weighted by atomic mass is 10.2. The second-order valence-corrected chi connectivity index (χ2v) is 6.10. The van der Waals surface area contributed by atoms with E-state index in [4.69, 9.17) is 5.73 Å². The largest absolute Gasteiger partial charge is 0.351 e. The van der Waals surface area contributed by atoms with Crippen molar-refractivity contribution in [3.8, 4) is 5.69 Å². The summed E-state index contributed by atoms with van der Waals surface area (Å²) in [6.45, 7) is 4.47. The van der Waals surface area contributed by atoms with Crippen LogP contribution in [0.4, 0.5) is 10.6 Å². The summed E-state index contributed by atoms with van der Waals surface area (Å²) in [5, 5.41) is 7.23. The van der Waals surface area contributed by atoms with Crippen molar-refractivity contribution in [3.63, 3.8) is 0 Å². The Labute approximate surface area is 140 Å². The molecule has 0 saturated carbocycles. The number of likely N-dealkylation sites (tertiary alicyclic amines) is 1. The predicted molar refractivity (Wildman–Crippen MR) is 91.0 cm³/mol. The molecule has 7 heteroatoms. The fourth-order valence-corrected chi connectivity index (χ4v) is 3.00. The Kier molecular flexibility index (Phi) is 4.24. The van der Waals surface area contributed by atoms with Crippen LogP contribution in [-0.2, 0) is 4.79 Å². The highest BCUT2D eigenvalue weighted by Gasteiger charge is 2.33. The Morgan fingerprint density at radius 2 is 1.96 bits per heavy atom. The zero-order chi connectivity index (χ0) is 17.3. The lowest BCUT2D eigenvalue weighted by molar-refractivity contribution is -0.119. The van der Waals surface area contributed by atoms with Crippen LogP contribution in [0.2, 0.25) is 0 Å². The molecule has 0 unspecified atom stereocenters. The summed E-state index contributed by atoms with van der Waals surface area (Å²) < 4.78 is 1.77. The Morgan fingerprint density at radius 1 is 1.25 bits per heavy atom. The van der Waals surface area contributed by atoms with Gasteiger partial charge in [-0.1, -0.05) is 17.7 Å². The molecule has 1 aromatic carbocycles. The minimum Gasteiger partial charge on any atom is -0.351 e. The smallest absolute Gasteiger partial charge is 0.315 e. The highest BCUT2D eigenvalue weighted by Crippen LogP contribution is 2.20. The minimum absolute atomic E-state index is 0.250. The Balaban J connectivity index is 1.77. The molecular formula is C17H21N5O2. The van der Waals surface area contributed by atoms with Crippen molar-refractivity contribution in [3.05, 3.63) is 41.6 Å². The molecule has 0 spiro atoms. The van der Waals surface area contributed by atoms with Crippen LogP contribution in [-0.4, -0.2) is 39.2 Å². The van der Waals surface area contributed by atoms with Gasteiger partial charge in [-0.2, -0.15) is 0 Å². The Hall–Kier alpha value is -2.83. The van der Waals surface area contributed by atoms with Crippen molar-refractivity contribution in [1.29, 1.82) is 0 Å². The van der Waals surface area contributed by atoms with E-state index in [9.17, 15) is 9.59 Å². The maximum absolute atomic E-state index is 12.4. The van der Waals surface area contributed by atoms with Gasteiger partial charge >= 0.3 is 6.03 Å². The number of aromatic nitrogens is 2. The van der Waals surface area contributed by atoms with Gasteiger partial charge in [0.15, 0.2) is 5.82 Å². The minimum atomic E-state index is -0.561. The van der Waals surface area contributed by atoms with E-state index in [0.717, 1.165) is 17.8 Å². The number of aryl methyl sites for hydroxylation is 2. The number of carbonyl (C=O) groups excluding carboxylic acids is 2. The predicted octanol–water partition coefficient (Wildman–Crippen LogP) is 1.97. The molecule has 1 fully saturated rings. The number of nitrogens with zero attached hydrogens (tertiary/aromatic N) is 3. The van der Waals surface area contributed by atoms with Crippen LogP contribution in [0.1, 0.15) is 24.1 Å². The molecule has 0 bridgehead atoms. The number of primary amides is 1. The zero-order valence-corrected chi connectivity index (χ0v) is 13.8. The summed E-state index contributed by atoms with van der Waals surface area (Å²) in [4.78, 5) is 25.2. The topological polar surface area (TPSA) is 93.2 Å². The third-order valence-electron chi connectivity index (χ3n) is 4.26. The molecule has 1 aliphatic rings. The van der Waals surface area contributed by atoms with Crippen molar-refractivity contribution in [2.75, 3.05) is 11.9 Å². The standard InChI is InChI=1S/C17H21N5O2/c1-11-5-7-13(8-6-11)22-12(2)10-15(20-22)19-16(23)14-4-3-9-21(14)17(18)24/h5-8,10,14H,3-4,9H2,1-2H3,(H2,18,24)(H,19,20,23)/t14-/m0/s1. The van der Waals surface area contributed by atoms with Gasteiger partial charge in [0.05, 0.1) is 5.69 Å². The van der Waals surface area contributed by atoms with Crippen LogP contribution in [0.25, 0.3) is 5.69 Å². The number of anilines is 1. The number of carbonyl (C=O) groups is 2. The van der Waals surface area contributed by atoms with Gasteiger partial charge in [-0.05, 0) is 38.8 Å². The number of rotatable bonds is 3. The van der Waals surface area contributed by atoms with E-state index < -0.39 is 12.1 Å². The van der Waals surface area contributed by atoms with E-state index in [1.54, 1.807) is 10.7 Å². The molecule has 2 heterocycles. The molecule has 1 atom stereocenters. The third kappa shape index (κ3) is 3.10. The number of urea groups is 1. The summed E-state index contributed by atoms with van der Waals surface area (Å²) in [6.07, 6.45) is 1.39. The molecule has 2 aromatic rings. The van der Waals surface area contributed by atoms with Crippen molar-refractivity contribution in [2.45, 2.75) is 32.7 Å². The first kappa shape index (κ1) is 16.0. The molecular weight excluding hydrogens is 306 g/mol. The number of hydrogen-bond acceptors (Lipinski definition) is 3. The molecule has 126 valence electrons. The highest BCUT2D eigenvalue weighted by atomic mass is 16.2. The number of benzene rings is 1. The lowest BCUT2D eigenvalue weighted by Gasteiger charge is -2.21. The first-order chi connectivity index (χ1) is 11.5. The fraction of sp³-hybridized carbons (Fsp3) is 0.353. The lowest BCUT2D eigenvalue weighted by Crippen LogP contribution is -2.45. The van der Waals surface area contributed by atoms with Crippen molar-refractivity contribution in [1.82, 2.24) is 14.7 Å². The van der Waals surface area contributed by atoms with Gasteiger partial charge in [-0.25, -0.2) is 9.48 Å². The molecule has 3 amide bonds. The van der Waals surface area contributed by atoms with Gasteiger partial charge in [0.1, 0.15) is 6.04 Å². The molecule has 3 rings (SSSR count). The summed E-state index contributed by atoms with van der Waals surface area (Å²) >= 11 is 0. The second kappa shape index (κ2) is 6.35. The molecule has 1 saturated heterocycles. The van der Waals surface area contributed by atoms with Crippen LogP contribution in [0, 0.1) is 13.8 Å². The van der Waals surface area contributed by atoms with Gasteiger partial charge in [-0.15, -0.1) is 5.10 Å². The first-order valence-corrected chi connectivity index (χ1v) is 7.96. The second-order valence-electron chi connectivity index (χ2n) is 6.10. The van der Waals surface area contributed by atoms with Gasteiger partial charge < -0.3 is 16.0 Å². The maximum Gasteiger partial charge on any atom is 0.315 e. The van der Waals surface area contributed by atoms with Crippen LogP contribution in [0.15, 0.2) is 30.3 Å². The van der Waals surface area contributed by atoms with E-state index in [1.807, 2.05) is 38.1 Å². The number of amides is 3. The SMILES string of the molecule is Cc1ccc(-n2nc(NC(=O)[C@@H]3CCCN3C(N)=O)cc2C)cc1. The maximum atomic E-state index is 12.4. The average Bonchev–Trinajstić information content (AvgIpc) is 3.15.